The topological polar surface area (TPSA) is 127 Å². The Kier molecular flexibility index (Phi) is 7.06. The molecule has 0 spiro atoms. The maximum Gasteiger partial charge on any atom is 0.338 e. The summed E-state index contributed by atoms with van der Waals surface area (Å²) in [4.78, 5) is 20.0. The average molecular weight is 457 g/mol. The van der Waals surface area contributed by atoms with Crippen molar-refractivity contribution < 1.29 is 14.6 Å². The first-order valence-corrected chi connectivity index (χ1v) is 11.2. The number of nitrogens with one attached hydrogen (secondary N) is 1. The van der Waals surface area contributed by atoms with E-state index in [9.17, 15) is 9.90 Å². The van der Waals surface area contributed by atoms with Crippen LogP contribution in [0, 0.1) is 0 Å². The molecule has 0 amide bonds. The van der Waals surface area contributed by atoms with Gasteiger partial charge in [0, 0.05) is 22.5 Å². The molecule has 0 saturated carbocycles. The fourth-order valence-electron chi connectivity index (χ4n) is 3.90. The second-order valence-corrected chi connectivity index (χ2v) is 7.93. The lowest BCUT2D eigenvalue weighted by Gasteiger charge is -2.11. The van der Waals surface area contributed by atoms with Crippen LogP contribution in [-0.2, 0) is 4.74 Å². The number of aliphatic imine (C=N–C) groups is 1. The number of carbonyl (C=O) groups excluding carboxylic acids is 1. The van der Waals surface area contributed by atoms with Crippen molar-refractivity contribution in [1.82, 2.24) is 4.98 Å². The molecule has 0 saturated heterocycles. The number of nitrogens with zero attached hydrogens (tertiary/aromatic N) is 1. The Hall–Kier alpha value is -3.94. The summed E-state index contributed by atoms with van der Waals surface area (Å²) in [7, 11) is 0. The van der Waals surface area contributed by atoms with Crippen molar-refractivity contribution in [2.24, 2.45) is 16.5 Å². The van der Waals surface area contributed by atoms with Crippen LogP contribution in [0.3, 0.4) is 0 Å². The number of hydrogen-bond acceptors (Lipinski definition) is 6. The molecule has 0 aliphatic carbocycles. The number of benzene rings is 3. The van der Waals surface area contributed by atoms with Crippen molar-refractivity contribution in [3.05, 3.63) is 95.1 Å². The lowest BCUT2D eigenvalue weighted by Crippen LogP contribution is -2.15. The zero-order valence-corrected chi connectivity index (χ0v) is 19.0. The number of fused-ring (bicyclic) bond motifs is 1. The third kappa shape index (κ3) is 4.85. The second-order valence-electron chi connectivity index (χ2n) is 7.93. The van der Waals surface area contributed by atoms with Crippen LogP contribution in [-0.4, -0.2) is 34.9 Å². The van der Waals surface area contributed by atoms with Crippen molar-refractivity contribution in [3.63, 3.8) is 0 Å². The summed E-state index contributed by atoms with van der Waals surface area (Å²) in [6.07, 6.45) is 0.703. The maximum absolute atomic E-state index is 12.2. The highest BCUT2D eigenvalue weighted by Gasteiger charge is 2.20. The summed E-state index contributed by atoms with van der Waals surface area (Å²) >= 11 is 0. The van der Waals surface area contributed by atoms with Gasteiger partial charge in [-0.25, -0.2) is 9.79 Å². The van der Waals surface area contributed by atoms with E-state index in [0.717, 1.165) is 22.2 Å². The normalized spacial score (nSPS) is 12.6. The van der Waals surface area contributed by atoms with Crippen molar-refractivity contribution in [3.8, 4) is 5.88 Å². The zero-order valence-electron chi connectivity index (χ0n) is 19.0. The van der Waals surface area contributed by atoms with E-state index in [2.05, 4.69) is 4.98 Å². The predicted octanol–water partition coefficient (Wildman–Crippen LogP) is 4.57. The molecule has 7 nitrogen and oxygen atoms in total. The number of H-pyrrole nitrogens is 1. The molecule has 0 aliphatic rings. The molecule has 1 heterocycles. The molecular weight excluding hydrogens is 428 g/mol. The highest BCUT2D eigenvalue weighted by molar-refractivity contribution is 6.22. The highest BCUT2D eigenvalue weighted by atomic mass is 16.5. The van der Waals surface area contributed by atoms with E-state index in [-0.39, 0.29) is 11.9 Å². The minimum Gasteiger partial charge on any atom is -0.494 e. The smallest absolute Gasteiger partial charge is 0.338 e. The number of carbonyl (C=O) groups is 1. The van der Waals surface area contributed by atoms with Crippen LogP contribution in [0.1, 0.15) is 46.4 Å². The number of ether oxygens (including phenoxy) is 1. The van der Waals surface area contributed by atoms with E-state index in [1.807, 2.05) is 54.6 Å². The number of nitrogens with two attached hydrogens (primary N) is 2. The van der Waals surface area contributed by atoms with Crippen LogP contribution >= 0.6 is 0 Å². The molecule has 4 rings (SSSR count). The SMILES string of the molecule is CCOC(=O)c1ccc2c(C(=Nc3ccc(C(N)CCN)cc3)c3ccccc3)c(O)[nH]c2c1. The molecule has 0 fully saturated rings. The third-order valence-electron chi connectivity index (χ3n) is 5.61. The Morgan fingerprint density at radius 3 is 2.47 bits per heavy atom. The first-order valence-electron chi connectivity index (χ1n) is 11.2. The van der Waals surface area contributed by atoms with Gasteiger partial charge in [-0.2, -0.15) is 0 Å². The van der Waals surface area contributed by atoms with Crippen LogP contribution < -0.4 is 11.5 Å². The standard InChI is InChI=1S/C27H28N4O3/c1-2-34-27(33)19-10-13-21-23(16-19)31-26(32)24(21)25(18-6-4-3-5-7-18)30-20-11-8-17(9-12-20)22(29)14-15-28/h3-13,16,22,31-32H,2,14-15,28-29H2,1H3. The Balaban J connectivity index is 1.81. The van der Waals surface area contributed by atoms with Crippen molar-refractivity contribution >= 4 is 28.3 Å². The van der Waals surface area contributed by atoms with Crippen LogP contribution in [0.25, 0.3) is 10.9 Å². The average Bonchev–Trinajstić information content (AvgIpc) is 3.18. The zero-order chi connectivity index (χ0) is 24.1. The lowest BCUT2D eigenvalue weighted by molar-refractivity contribution is 0.0526. The summed E-state index contributed by atoms with van der Waals surface area (Å²) in [6.45, 7) is 2.58. The largest absolute Gasteiger partial charge is 0.494 e. The van der Waals surface area contributed by atoms with Gasteiger partial charge >= 0.3 is 5.97 Å². The Morgan fingerprint density at radius 2 is 1.79 bits per heavy atom. The fourth-order valence-corrected chi connectivity index (χ4v) is 3.90. The first-order chi connectivity index (χ1) is 16.5. The molecule has 0 bridgehead atoms. The Bertz CT molecular complexity index is 1310. The molecular formula is C27H28N4O3. The van der Waals surface area contributed by atoms with Gasteiger partial charge in [-0.05, 0) is 49.7 Å². The summed E-state index contributed by atoms with van der Waals surface area (Å²) in [6, 6.07) is 22.4. The van der Waals surface area contributed by atoms with E-state index < -0.39 is 5.97 Å². The van der Waals surface area contributed by atoms with Crippen molar-refractivity contribution in [2.45, 2.75) is 19.4 Å². The monoisotopic (exact) mass is 456 g/mol. The van der Waals surface area contributed by atoms with Gasteiger partial charge in [-0.1, -0.05) is 48.5 Å². The van der Waals surface area contributed by atoms with Crippen LogP contribution in [0.15, 0.2) is 77.8 Å². The molecule has 7 heteroatoms. The van der Waals surface area contributed by atoms with Gasteiger partial charge in [0.2, 0.25) is 0 Å². The molecule has 4 aromatic rings. The number of rotatable bonds is 8. The van der Waals surface area contributed by atoms with Crippen LogP contribution in [0.2, 0.25) is 0 Å². The van der Waals surface area contributed by atoms with Gasteiger partial charge in [0.05, 0.1) is 29.1 Å². The summed E-state index contributed by atoms with van der Waals surface area (Å²) in [5.74, 6) is -0.440. The van der Waals surface area contributed by atoms with Gasteiger partial charge in [0.25, 0.3) is 0 Å². The Labute approximate surface area is 198 Å². The molecule has 34 heavy (non-hydrogen) atoms. The summed E-state index contributed by atoms with van der Waals surface area (Å²) < 4.78 is 5.10. The van der Waals surface area contributed by atoms with Gasteiger partial charge < -0.3 is 26.3 Å². The molecule has 3 aromatic carbocycles. The van der Waals surface area contributed by atoms with E-state index >= 15 is 0 Å². The van der Waals surface area contributed by atoms with Gasteiger partial charge in [-0.3, -0.25) is 0 Å². The number of esters is 1. The molecule has 0 aliphatic heterocycles. The number of aromatic hydroxyl groups is 1. The lowest BCUT2D eigenvalue weighted by atomic mass is 10.00. The maximum atomic E-state index is 12.2. The molecule has 1 aromatic heterocycles. The minimum absolute atomic E-state index is 0.0276. The summed E-state index contributed by atoms with van der Waals surface area (Å²) in [5, 5.41) is 11.6. The quantitative estimate of drug-likeness (QED) is 0.228. The fraction of sp³-hybridized carbons (Fsp3) is 0.185. The minimum atomic E-state index is -0.412. The molecule has 6 N–H and O–H groups in total. The van der Waals surface area contributed by atoms with E-state index in [4.69, 9.17) is 21.2 Å². The third-order valence-corrected chi connectivity index (χ3v) is 5.61. The van der Waals surface area contributed by atoms with E-state index in [1.54, 1.807) is 25.1 Å². The van der Waals surface area contributed by atoms with E-state index in [1.165, 1.54) is 0 Å². The van der Waals surface area contributed by atoms with Gasteiger partial charge in [0.15, 0.2) is 5.88 Å². The van der Waals surface area contributed by atoms with Crippen molar-refractivity contribution in [1.29, 1.82) is 0 Å². The highest BCUT2D eigenvalue weighted by Crippen LogP contribution is 2.32. The number of hydrogen-bond donors (Lipinski definition) is 4. The van der Waals surface area contributed by atoms with Crippen molar-refractivity contribution in [2.75, 3.05) is 13.2 Å². The number of aromatic nitrogens is 1. The molecule has 174 valence electrons. The molecule has 0 radical (unpaired) electrons. The second kappa shape index (κ2) is 10.3. The van der Waals surface area contributed by atoms with Crippen LogP contribution in [0.5, 0.6) is 5.88 Å². The van der Waals surface area contributed by atoms with E-state index in [0.29, 0.717) is 41.9 Å². The summed E-state index contributed by atoms with van der Waals surface area (Å²) in [5.41, 5.74) is 16.5. The molecule has 1 atom stereocenters. The van der Waals surface area contributed by atoms with Crippen LogP contribution in [0.4, 0.5) is 5.69 Å². The predicted molar refractivity (Wildman–Crippen MR) is 135 cm³/mol. The van der Waals surface area contributed by atoms with Gasteiger partial charge in [-0.15, -0.1) is 0 Å². The van der Waals surface area contributed by atoms with Gasteiger partial charge in [0.1, 0.15) is 0 Å². The Morgan fingerprint density at radius 1 is 1.06 bits per heavy atom. The number of aromatic amines is 1. The molecule has 1 unspecified atom stereocenters. The first kappa shape index (κ1) is 23.2.